The van der Waals surface area contributed by atoms with E-state index in [4.69, 9.17) is 0 Å². The van der Waals surface area contributed by atoms with Crippen LogP contribution >= 0.6 is 0 Å². The van der Waals surface area contributed by atoms with Crippen LogP contribution in [0.2, 0.25) is 0 Å². The van der Waals surface area contributed by atoms with Crippen molar-refractivity contribution in [2.24, 2.45) is 0 Å². The number of nitrogens with zero attached hydrogens (tertiary/aromatic N) is 3. The summed E-state index contributed by atoms with van der Waals surface area (Å²) in [5.74, 6) is 0.145. The molecule has 5 nitrogen and oxygen atoms in total. The van der Waals surface area contributed by atoms with Gasteiger partial charge in [-0.15, -0.1) is 0 Å². The lowest BCUT2D eigenvalue weighted by Gasteiger charge is -2.02. The highest BCUT2D eigenvalue weighted by Gasteiger charge is 2.17. The Morgan fingerprint density at radius 3 is 1.95 bits per heavy atom. The van der Waals surface area contributed by atoms with Crippen molar-refractivity contribution in [2.75, 3.05) is 0 Å². The Morgan fingerprint density at radius 2 is 1.38 bits per heavy atom. The van der Waals surface area contributed by atoms with Crippen LogP contribution in [-0.4, -0.2) is 14.9 Å². The van der Waals surface area contributed by atoms with E-state index in [9.17, 15) is 10.1 Å². The molecule has 0 N–H and O–H groups in total. The summed E-state index contributed by atoms with van der Waals surface area (Å²) in [6.45, 7) is 0. The van der Waals surface area contributed by atoms with Crippen LogP contribution in [0.25, 0.3) is 22.6 Å². The summed E-state index contributed by atoms with van der Waals surface area (Å²) in [6, 6.07) is 20.0. The molecule has 0 spiro atoms. The zero-order chi connectivity index (χ0) is 14.7. The van der Waals surface area contributed by atoms with E-state index in [0.29, 0.717) is 11.5 Å². The number of hydrogen-bond donors (Lipinski definition) is 0. The molecule has 0 fully saturated rings. The van der Waals surface area contributed by atoms with Crippen molar-refractivity contribution in [1.29, 1.82) is 0 Å². The summed E-state index contributed by atoms with van der Waals surface area (Å²) >= 11 is 0. The number of rotatable bonds is 3. The molecule has 102 valence electrons. The van der Waals surface area contributed by atoms with Gasteiger partial charge in [-0.2, -0.15) is 0 Å². The molecule has 0 unspecified atom stereocenters. The van der Waals surface area contributed by atoms with Gasteiger partial charge >= 0.3 is 5.82 Å². The molecule has 0 atom stereocenters. The normalized spacial score (nSPS) is 10.3. The third kappa shape index (κ3) is 2.76. The molecule has 3 aromatic rings. The first-order chi connectivity index (χ1) is 10.2. The van der Waals surface area contributed by atoms with E-state index in [1.54, 1.807) is 0 Å². The fourth-order valence-electron chi connectivity index (χ4n) is 2.00. The monoisotopic (exact) mass is 277 g/mol. The van der Waals surface area contributed by atoms with Gasteiger partial charge in [0.05, 0.1) is 11.8 Å². The predicted octanol–water partition coefficient (Wildman–Crippen LogP) is 3.72. The van der Waals surface area contributed by atoms with Crippen molar-refractivity contribution in [3.8, 4) is 22.6 Å². The van der Waals surface area contributed by atoms with Crippen LogP contribution in [0.5, 0.6) is 0 Å². The Bertz CT molecular complexity index is 716. The summed E-state index contributed by atoms with van der Waals surface area (Å²) in [6.07, 6.45) is 0. The van der Waals surface area contributed by atoms with Gasteiger partial charge in [0.25, 0.3) is 5.82 Å². The number of nitro groups is 1. The van der Waals surface area contributed by atoms with Crippen molar-refractivity contribution in [1.82, 2.24) is 9.97 Å². The van der Waals surface area contributed by atoms with Gasteiger partial charge in [-0.05, 0) is 22.0 Å². The second-order valence-corrected chi connectivity index (χ2v) is 4.42. The summed E-state index contributed by atoms with van der Waals surface area (Å²) in [4.78, 5) is 19.0. The highest BCUT2D eigenvalue weighted by atomic mass is 16.6. The molecule has 0 saturated heterocycles. The predicted molar refractivity (Wildman–Crippen MR) is 79.6 cm³/mol. The standard InChI is InChI=1S/C16H11N3O2/c20-19(21)15-11-14(12-7-3-1-4-8-12)17-16(18-15)13-9-5-2-6-10-13/h1-11H. The van der Waals surface area contributed by atoms with Gasteiger partial charge in [-0.3, -0.25) is 0 Å². The quantitative estimate of drug-likeness (QED) is 0.540. The van der Waals surface area contributed by atoms with Gasteiger partial charge in [0.15, 0.2) is 0 Å². The van der Waals surface area contributed by atoms with Gasteiger partial charge in [0, 0.05) is 11.1 Å². The molecule has 0 radical (unpaired) electrons. The summed E-state index contributed by atoms with van der Waals surface area (Å²) < 4.78 is 0. The van der Waals surface area contributed by atoms with Crippen LogP contribution in [0, 0.1) is 10.1 Å². The van der Waals surface area contributed by atoms with Crippen LogP contribution in [0.15, 0.2) is 66.7 Å². The molecule has 1 aromatic heterocycles. The largest absolute Gasteiger partial charge is 0.368 e. The summed E-state index contributed by atoms with van der Waals surface area (Å²) in [7, 11) is 0. The molecule has 0 aliphatic rings. The van der Waals surface area contributed by atoms with Crippen LogP contribution in [-0.2, 0) is 0 Å². The van der Waals surface area contributed by atoms with E-state index in [-0.39, 0.29) is 5.82 Å². The maximum Gasteiger partial charge on any atom is 0.368 e. The second kappa shape index (κ2) is 5.50. The van der Waals surface area contributed by atoms with Crippen molar-refractivity contribution < 1.29 is 4.92 Å². The first-order valence-electron chi connectivity index (χ1n) is 6.38. The Morgan fingerprint density at radius 1 is 0.810 bits per heavy atom. The highest BCUT2D eigenvalue weighted by molar-refractivity contribution is 5.65. The zero-order valence-corrected chi connectivity index (χ0v) is 11.0. The van der Waals surface area contributed by atoms with Gasteiger partial charge in [0.1, 0.15) is 0 Å². The highest BCUT2D eigenvalue weighted by Crippen LogP contribution is 2.24. The van der Waals surface area contributed by atoms with Crippen LogP contribution in [0.3, 0.4) is 0 Å². The Balaban J connectivity index is 2.18. The van der Waals surface area contributed by atoms with Crippen molar-refractivity contribution in [3.05, 3.63) is 76.8 Å². The number of hydrogen-bond acceptors (Lipinski definition) is 4. The maximum atomic E-state index is 11.1. The molecule has 0 bridgehead atoms. The first-order valence-corrected chi connectivity index (χ1v) is 6.38. The van der Waals surface area contributed by atoms with Gasteiger partial charge in [-0.25, -0.2) is 4.98 Å². The third-order valence-corrected chi connectivity index (χ3v) is 3.00. The lowest BCUT2D eigenvalue weighted by Crippen LogP contribution is -1.98. The fraction of sp³-hybridized carbons (Fsp3) is 0. The van der Waals surface area contributed by atoms with Crippen LogP contribution < -0.4 is 0 Å². The van der Waals surface area contributed by atoms with Crippen molar-refractivity contribution in [2.45, 2.75) is 0 Å². The molecular formula is C16H11N3O2. The molecular weight excluding hydrogens is 266 g/mol. The molecule has 0 amide bonds. The minimum Gasteiger partial charge on any atom is -0.358 e. The minimum absolute atomic E-state index is 0.206. The fourth-order valence-corrected chi connectivity index (χ4v) is 2.00. The van der Waals surface area contributed by atoms with Gasteiger partial charge in [-0.1, -0.05) is 48.5 Å². The summed E-state index contributed by atoms with van der Waals surface area (Å²) in [5.41, 5.74) is 2.11. The smallest absolute Gasteiger partial charge is 0.358 e. The average Bonchev–Trinajstić information content (AvgIpc) is 2.56. The average molecular weight is 277 g/mol. The molecule has 0 aliphatic heterocycles. The molecule has 0 saturated carbocycles. The van der Waals surface area contributed by atoms with E-state index in [2.05, 4.69) is 9.97 Å². The van der Waals surface area contributed by atoms with E-state index in [1.165, 1.54) is 6.07 Å². The van der Waals surface area contributed by atoms with Crippen LogP contribution in [0.4, 0.5) is 5.82 Å². The second-order valence-electron chi connectivity index (χ2n) is 4.42. The van der Waals surface area contributed by atoms with Gasteiger partial charge in [0.2, 0.25) is 0 Å². The SMILES string of the molecule is O=[N+]([O-])c1cc(-c2ccccc2)nc(-c2ccccc2)n1. The molecule has 2 aromatic carbocycles. The van der Waals surface area contributed by atoms with Crippen molar-refractivity contribution in [3.63, 3.8) is 0 Å². The third-order valence-electron chi connectivity index (χ3n) is 3.00. The zero-order valence-electron chi connectivity index (χ0n) is 11.0. The lowest BCUT2D eigenvalue weighted by atomic mass is 10.1. The van der Waals surface area contributed by atoms with E-state index >= 15 is 0 Å². The molecule has 0 aliphatic carbocycles. The topological polar surface area (TPSA) is 68.9 Å². The lowest BCUT2D eigenvalue weighted by molar-refractivity contribution is -0.389. The molecule has 1 heterocycles. The van der Waals surface area contributed by atoms with Crippen molar-refractivity contribution >= 4 is 5.82 Å². The van der Waals surface area contributed by atoms with Gasteiger partial charge < -0.3 is 10.1 Å². The molecule has 21 heavy (non-hydrogen) atoms. The Hall–Kier alpha value is -3.08. The summed E-state index contributed by atoms with van der Waals surface area (Å²) in [5, 5.41) is 11.1. The first kappa shape index (κ1) is 12.9. The minimum atomic E-state index is -0.499. The van der Waals surface area contributed by atoms with E-state index in [1.807, 2.05) is 60.7 Å². The maximum absolute atomic E-state index is 11.1. The number of aromatic nitrogens is 2. The molecule has 5 heteroatoms. The molecule has 3 rings (SSSR count). The number of benzene rings is 2. The van der Waals surface area contributed by atoms with E-state index in [0.717, 1.165) is 11.1 Å². The van der Waals surface area contributed by atoms with E-state index < -0.39 is 4.92 Å². The van der Waals surface area contributed by atoms with Crippen LogP contribution in [0.1, 0.15) is 0 Å². The Kier molecular flexibility index (Phi) is 3.39. The Labute approximate surface area is 121 Å².